The van der Waals surface area contributed by atoms with Crippen LogP contribution in [0.3, 0.4) is 0 Å². The number of phenols is 1. The van der Waals surface area contributed by atoms with Gasteiger partial charge >= 0.3 is 0 Å². The summed E-state index contributed by atoms with van der Waals surface area (Å²) in [6.45, 7) is 0. The summed E-state index contributed by atoms with van der Waals surface area (Å²) in [5.41, 5.74) is 1.91. The summed E-state index contributed by atoms with van der Waals surface area (Å²) in [5.74, 6) is -0.208. The predicted octanol–water partition coefficient (Wildman–Crippen LogP) is 2.02. The molecule has 0 heterocycles. The molecule has 1 aliphatic rings. The lowest BCUT2D eigenvalue weighted by atomic mass is 10.1. The topological polar surface area (TPSA) is 20.2 Å². The van der Waals surface area contributed by atoms with Gasteiger partial charge in [0.1, 0.15) is 11.6 Å². The van der Waals surface area contributed by atoms with Gasteiger partial charge in [-0.3, -0.25) is 0 Å². The van der Waals surface area contributed by atoms with Crippen molar-refractivity contribution in [2.24, 2.45) is 0 Å². The van der Waals surface area contributed by atoms with Crippen molar-refractivity contribution in [1.82, 2.24) is 0 Å². The molecular weight excluding hydrogens is 143 g/mol. The van der Waals surface area contributed by atoms with Gasteiger partial charge in [-0.2, -0.15) is 0 Å². The summed E-state index contributed by atoms with van der Waals surface area (Å²) < 4.78 is 12.7. The van der Waals surface area contributed by atoms with Gasteiger partial charge in [-0.25, -0.2) is 4.39 Å². The van der Waals surface area contributed by atoms with Crippen LogP contribution in [0.1, 0.15) is 17.5 Å². The minimum absolute atomic E-state index is 0.123. The van der Waals surface area contributed by atoms with Crippen molar-refractivity contribution in [2.75, 3.05) is 0 Å². The van der Waals surface area contributed by atoms with E-state index in [-0.39, 0.29) is 11.6 Å². The summed E-state index contributed by atoms with van der Waals surface area (Å²) in [6, 6.07) is 2.70. The Labute approximate surface area is 64.5 Å². The molecular formula is C9H9FO. The molecule has 58 valence electrons. The van der Waals surface area contributed by atoms with Crippen LogP contribution in [0.25, 0.3) is 0 Å². The average Bonchev–Trinajstić information content (AvgIpc) is 2.34. The molecule has 0 spiro atoms. The van der Waals surface area contributed by atoms with Crippen LogP contribution in [-0.4, -0.2) is 5.11 Å². The van der Waals surface area contributed by atoms with Gasteiger partial charge in [-0.15, -0.1) is 0 Å². The maximum Gasteiger partial charge on any atom is 0.127 e. The van der Waals surface area contributed by atoms with Crippen LogP contribution in [-0.2, 0) is 12.8 Å². The molecule has 11 heavy (non-hydrogen) atoms. The van der Waals surface area contributed by atoms with Gasteiger partial charge in [-0.05, 0) is 36.5 Å². The molecule has 0 saturated carbocycles. The Morgan fingerprint density at radius 3 is 2.91 bits per heavy atom. The van der Waals surface area contributed by atoms with Gasteiger partial charge < -0.3 is 5.11 Å². The number of halogens is 1. The van der Waals surface area contributed by atoms with E-state index in [9.17, 15) is 9.50 Å². The summed E-state index contributed by atoms with van der Waals surface area (Å²) in [4.78, 5) is 0. The summed E-state index contributed by atoms with van der Waals surface area (Å²) in [7, 11) is 0. The van der Waals surface area contributed by atoms with Crippen molar-refractivity contribution in [1.29, 1.82) is 0 Å². The minimum atomic E-state index is -0.330. The molecule has 2 rings (SSSR count). The van der Waals surface area contributed by atoms with Gasteiger partial charge in [-0.1, -0.05) is 0 Å². The highest BCUT2D eigenvalue weighted by molar-refractivity contribution is 5.42. The first-order chi connectivity index (χ1) is 5.27. The smallest absolute Gasteiger partial charge is 0.127 e. The van der Waals surface area contributed by atoms with Gasteiger partial charge in [0.05, 0.1) is 0 Å². The summed E-state index contributed by atoms with van der Waals surface area (Å²) >= 11 is 0. The summed E-state index contributed by atoms with van der Waals surface area (Å²) in [5, 5.41) is 9.27. The SMILES string of the molecule is Oc1cc(F)cc2c1CCC2. The van der Waals surface area contributed by atoms with Crippen molar-refractivity contribution < 1.29 is 9.50 Å². The lowest BCUT2D eigenvalue weighted by molar-refractivity contribution is 0.463. The quantitative estimate of drug-likeness (QED) is 0.603. The fourth-order valence-corrected chi connectivity index (χ4v) is 1.64. The zero-order chi connectivity index (χ0) is 7.84. The molecule has 2 heteroatoms. The molecule has 1 aliphatic carbocycles. The van der Waals surface area contributed by atoms with Crippen molar-refractivity contribution in [3.05, 3.63) is 29.1 Å². The molecule has 1 nitrogen and oxygen atoms in total. The van der Waals surface area contributed by atoms with Crippen LogP contribution in [0.2, 0.25) is 0 Å². The lowest BCUT2D eigenvalue weighted by Crippen LogP contribution is -1.85. The molecule has 0 bridgehead atoms. The molecule has 0 fully saturated rings. The maximum absolute atomic E-state index is 12.7. The van der Waals surface area contributed by atoms with E-state index < -0.39 is 0 Å². The van der Waals surface area contributed by atoms with Gasteiger partial charge in [0, 0.05) is 6.07 Å². The standard InChI is InChI=1S/C9H9FO/c10-7-4-6-2-1-3-8(6)9(11)5-7/h4-5,11H,1-3H2. The predicted molar refractivity (Wildman–Crippen MR) is 40.1 cm³/mol. The third-order valence-electron chi connectivity index (χ3n) is 2.16. The second-order valence-electron chi connectivity index (χ2n) is 2.92. The van der Waals surface area contributed by atoms with E-state index in [0.717, 1.165) is 30.4 Å². The third kappa shape index (κ3) is 0.985. The van der Waals surface area contributed by atoms with Crippen molar-refractivity contribution in [3.8, 4) is 5.75 Å². The van der Waals surface area contributed by atoms with Crippen LogP contribution in [0.15, 0.2) is 12.1 Å². The number of aromatic hydroxyl groups is 1. The van der Waals surface area contributed by atoms with E-state index in [0.29, 0.717) is 0 Å². The molecule has 0 radical (unpaired) electrons. The number of rotatable bonds is 0. The molecule has 1 aromatic rings. The van der Waals surface area contributed by atoms with E-state index in [4.69, 9.17) is 0 Å². The molecule has 0 saturated heterocycles. The molecule has 0 unspecified atom stereocenters. The van der Waals surface area contributed by atoms with Crippen molar-refractivity contribution in [3.63, 3.8) is 0 Å². The normalized spacial score (nSPS) is 15.0. The Morgan fingerprint density at radius 1 is 1.27 bits per heavy atom. The van der Waals surface area contributed by atoms with E-state index in [1.54, 1.807) is 0 Å². The zero-order valence-electron chi connectivity index (χ0n) is 6.10. The van der Waals surface area contributed by atoms with E-state index in [1.807, 2.05) is 0 Å². The Kier molecular flexibility index (Phi) is 1.34. The second kappa shape index (κ2) is 2.22. The van der Waals surface area contributed by atoms with Crippen molar-refractivity contribution in [2.45, 2.75) is 19.3 Å². The van der Waals surface area contributed by atoms with Crippen LogP contribution in [0, 0.1) is 5.82 Å². The van der Waals surface area contributed by atoms with Gasteiger partial charge in [0.25, 0.3) is 0 Å². The molecule has 0 amide bonds. The zero-order valence-corrected chi connectivity index (χ0v) is 6.10. The van der Waals surface area contributed by atoms with E-state index in [1.165, 1.54) is 12.1 Å². The first-order valence-corrected chi connectivity index (χ1v) is 3.77. The van der Waals surface area contributed by atoms with Gasteiger partial charge in [0.2, 0.25) is 0 Å². The van der Waals surface area contributed by atoms with Crippen molar-refractivity contribution >= 4 is 0 Å². The second-order valence-corrected chi connectivity index (χ2v) is 2.92. The fraction of sp³-hybridized carbons (Fsp3) is 0.333. The Bertz CT molecular complexity index is 294. The lowest BCUT2D eigenvalue weighted by Gasteiger charge is -2.01. The number of phenolic OH excluding ortho intramolecular Hbond substituents is 1. The highest BCUT2D eigenvalue weighted by atomic mass is 19.1. The Morgan fingerprint density at radius 2 is 2.09 bits per heavy atom. The van der Waals surface area contributed by atoms with Crippen LogP contribution in [0.4, 0.5) is 4.39 Å². The Balaban J connectivity index is 2.60. The third-order valence-corrected chi connectivity index (χ3v) is 2.16. The highest BCUT2D eigenvalue weighted by Crippen LogP contribution is 2.30. The highest BCUT2D eigenvalue weighted by Gasteiger charge is 2.15. The maximum atomic E-state index is 12.7. The molecule has 1 N–H and O–H groups in total. The van der Waals surface area contributed by atoms with Crippen LogP contribution in [0.5, 0.6) is 5.75 Å². The molecule has 0 aliphatic heterocycles. The molecule has 0 atom stereocenters. The van der Waals surface area contributed by atoms with E-state index >= 15 is 0 Å². The van der Waals surface area contributed by atoms with E-state index in [2.05, 4.69) is 0 Å². The van der Waals surface area contributed by atoms with Gasteiger partial charge in [0.15, 0.2) is 0 Å². The number of fused-ring (bicyclic) bond motifs is 1. The molecule has 0 aromatic heterocycles. The first kappa shape index (κ1) is 6.65. The summed E-state index contributed by atoms with van der Waals surface area (Å²) in [6.07, 6.45) is 2.83. The fourth-order valence-electron chi connectivity index (χ4n) is 1.64. The number of hydrogen-bond acceptors (Lipinski definition) is 1. The Hall–Kier alpha value is -1.05. The van der Waals surface area contributed by atoms with Crippen LogP contribution < -0.4 is 0 Å². The largest absolute Gasteiger partial charge is 0.508 e. The monoisotopic (exact) mass is 152 g/mol. The molecule has 1 aromatic carbocycles. The number of hydrogen-bond donors (Lipinski definition) is 1. The first-order valence-electron chi connectivity index (χ1n) is 3.77. The minimum Gasteiger partial charge on any atom is -0.508 e. The number of aryl methyl sites for hydroxylation is 1. The average molecular weight is 152 g/mol. The number of benzene rings is 1. The van der Waals surface area contributed by atoms with Crippen LogP contribution >= 0.6 is 0 Å².